The Balaban J connectivity index is 0.000000771. The van der Waals surface area contributed by atoms with E-state index >= 15 is 0 Å². The lowest BCUT2D eigenvalue weighted by Crippen LogP contribution is -1.92. The first-order valence-electron chi connectivity index (χ1n) is 6.68. The lowest BCUT2D eigenvalue weighted by Gasteiger charge is -2.03. The highest BCUT2D eigenvalue weighted by atomic mass is 14.7. The highest BCUT2D eigenvalue weighted by molar-refractivity contribution is 5.57. The molecule has 18 heavy (non-hydrogen) atoms. The van der Waals surface area contributed by atoms with Crippen LogP contribution in [0.15, 0.2) is 36.5 Å². The molecular weight excluding hydrogens is 220 g/mol. The molecule has 0 aliphatic rings. The fraction of sp³-hybridized carbons (Fsp3) is 0.375. The van der Waals surface area contributed by atoms with Gasteiger partial charge in [-0.1, -0.05) is 33.3 Å². The average molecular weight is 242 g/mol. The molecule has 2 heteroatoms. The third-order valence-electron chi connectivity index (χ3n) is 2.52. The first-order chi connectivity index (χ1) is 8.79. The highest BCUT2D eigenvalue weighted by Gasteiger charge is 2.00. The summed E-state index contributed by atoms with van der Waals surface area (Å²) in [5.74, 6) is 0. The third-order valence-corrected chi connectivity index (χ3v) is 2.52. The Labute approximate surface area is 110 Å². The summed E-state index contributed by atoms with van der Waals surface area (Å²) in [5, 5.41) is 0. The van der Waals surface area contributed by atoms with Gasteiger partial charge in [0, 0.05) is 23.1 Å². The third kappa shape index (κ3) is 3.95. The lowest BCUT2D eigenvalue weighted by molar-refractivity contribution is 0.884. The molecule has 2 aromatic heterocycles. The molecule has 0 radical (unpaired) electrons. The minimum Gasteiger partial charge on any atom is -0.261 e. The molecule has 0 aliphatic carbocycles. The van der Waals surface area contributed by atoms with Gasteiger partial charge in [0.15, 0.2) is 0 Å². The van der Waals surface area contributed by atoms with Crippen LogP contribution in [0.25, 0.3) is 11.3 Å². The number of rotatable bonds is 3. The summed E-state index contributed by atoms with van der Waals surface area (Å²) in [4.78, 5) is 8.91. The molecule has 0 aliphatic heterocycles. The Morgan fingerprint density at radius 1 is 1.06 bits per heavy atom. The second kappa shape index (κ2) is 7.59. The van der Waals surface area contributed by atoms with Crippen LogP contribution in [-0.2, 0) is 6.42 Å². The molecular formula is C16H22N2. The van der Waals surface area contributed by atoms with E-state index in [1.54, 1.807) is 0 Å². The van der Waals surface area contributed by atoms with E-state index in [4.69, 9.17) is 0 Å². The molecule has 0 N–H and O–H groups in total. The van der Waals surface area contributed by atoms with Gasteiger partial charge in [-0.15, -0.1) is 0 Å². The number of nitrogens with zero attached hydrogens (tertiary/aromatic N) is 2. The molecule has 2 nitrogen and oxygen atoms in total. The van der Waals surface area contributed by atoms with Gasteiger partial charge in [-0.25, -0.2) is 0 Å². The zero-order valence-electron chi connectivity index (χ0n) is 11.8. The fourth-order valence-corrected chi connectivity index (χ4v) is 1.66. The smallest absolute Gasteiger partial charge is 0.0720 e. The van der Waals surface area contributed by atoms with Crippen LogP contribution in [0, 0.1) is 6.92 Å². The SMILES string of the molecule is CC.CCCc1cccc(-c2ccc(C)nc2)n1. The van der Waals surface area contributed by atoms with Gasteiger partial charge in [0.25, 0.3) is 0 Å². The topological polar surface area (TPSA) is 25.8 Å². The van der Waals surface area contributed by atoms with E-state index in [-0.39, 0.29) is 0 Å². The van der Waals surface area contributed by atoms with Gasteiger partial charge in [0.2, 0.25) is 0 Å². The zero-order valence-corrected chi connectivity index (χ0v) is 11.8. The van der Waals surface area contributed by atoms with Gasteiger partial charge in [0.1, 0.15) is 0 Å². The van der Waals surface area contributed by atoms with Crippen LogP contribution in [0.3, 0.4) is 0 Å². The second-order valence-corrected chi connectivity index (χ2v) is 3.95. The summed E-state index contributed by atoms with van der Waals surface area (Å²) >= 11 is 0. The monoisotopic (exact) mass is 242 g/mol. The van der Waals surface area contributed by atoms with Crippen molar-refractivity contribution in [2.75, 3.05) is 0 Å². The number of aryl methyl sites for hydroxylation is 2. The first-order valence-corrected chi connectivity index (χ1v) is 6.68. The minimum absolute atomic E-state index is 1.01. The van der Waals surface area contributed by atoms with Crippen LogP contribution >= 0.6 is 0 Å². The molecule has 96 valence electrons. The number of hydrogen-bond acceptors (Lipinski definition) is 2. The van der Waals surface area contributed by atoms with Crippen LogP contribution < -0.4 is 0 Å². The standard InChI is InChI=1S/C14H16N2.C2H6/c1-3-5-13-6-4-7-14(16-13)12-9-8-11(2)15-10-12;1-2/h4,6-10H,3,5H2,1-2H3;1-2H3. The molecule has 0 unspecified atom stereocenters. The average Bonchev–Trinajstić information content (AvgIpc) is 2.43. The van der Waals surface area contributed by atoms with Crippen molar-refractivity contribution < 1.29 is 0 Å². The Kier molecular flexibility index (Phi) is 6.06. The molecule has 2 rings (SSSR count). The first kappa shape index (κ1) is 14.4. The molecule has 2 aromatic rings. The molecule has 0 bridgehead atoms. The molecule has 0 saturated carbocycles. The van der Waals surface area contributed by atoms with Crippen LogP contribution in [-0.4, -0.2) is 9.97 Å². The van der Waals surface area contributed by atoms with Gasteiger partial charge < -0.3 is 0 Å². The van der Waals surface area contributed by atoms with E-state index in [9.17, 15) is 0 Å². The quantitative estimate of drug-likeness (QED) is 0.795. The van der Waals surface area contributed by atoms with Crippen molar-refractivity contribution in [1.29, 1.82) is 0 Å². The Hall–Kier alpha value is -1.70. The molecule has 0 atom stereocenters. The van der Waals surface area contributed by atoms with Gasteiger partial charge in [-0.05, 0) is 37.6 Å². The molecule has 0 saturated heterocycles. The minimum atomic E-state index is 1.01. The van der Waals surface area contributed by atoms with Crippen molar-refractivity contribution in [2.45, 2.75) is 40.5 Å². The number of pyridine rings is 2. The van der Waals surface area contributed by atoms with E-state index in [2.05, 4.69) is 35.1 Å². The van der Waals surface area contributed by atoms with Crippen LogP contribution in [0.2, 0.25) is 0 Å². The summed E-state index contributed by atoms with van der Waals surface area (Å²) in [6.45, 7) is 8.16. The van der Waals surface area contributed by atoms with Crippen molar-refractivity contribution in [2.24, 2.45) is 0 Å². The summed E-state index contributed by atoms with van der Waals surface area (Å²) in [6.07, 6.45) is 4.04. The van der Waals surface area contributed by atoms with E-state index in [1.807, 2.05) is 39.1 Å². The van der Waals surface area contributed by atoms with Crippen molar-refractivity contribution in [3.8, 4) is 11.3 Å². The van der Waals surface area contributed by atoms with Crippen LogP contribution in [0.5, 0.6) is 0 Å². The van der Waals surface area contributed by atoms with E-state index in [0.29, 0.717) is 0 Å². The summed E-state index contributed by atoms with van der Waals surface area (Å²) in [7, 11) is 0. The van der Waals surface area contributed by atoms with Gasteiger partial charge in [0.05, 0.1) is 5.69 Å². The van der Waals surface area contributed by atoms with Crippen LogP contribution in [0.1, 0.15) is 38.6 Å². The largest absolute Gasteiger partial charge is 0.261 e. The van der Waals surface area contributed by atoms with Crippen molar-refractivity contribution in [3.63, 3.8) is 0 Å². The molecule has 0 aromatic carbocycles. The maximum absolute atomic E-state index is 4.62. The molecule has 2 heterocycles. The Bertz CT molecular complexity index is 461. The van der Waals surface area contributed by atoms with E-state index in [0.717, 1.165) is 35.5 Å². The van der Waals surface area contributed by atoms with Crippen molar-refractivity contribution in [3.05, 3.63) is 47.9 Å². The predicted molar refractivity (Wildman–Crippen MR) is 77.5 cm³/mol. The second-order valence-electron chi connectivity index (χ2n) is 3.95. The number of aromatic nitrogens is 2. The lowest BCUT2D eigenvalue weighted by atomic mass is 10.1. The zero-order chi connectivity index (χ0) is 13.4. The predicted octanol–water partition coefficient (Wildman–Crippen LogP) is 4.43. The maximum Gasteiger partial charge on any atom is 0.0720 e. The Morgan fingerprint density at radius 2 is 1.83 bits per heavy atom. The number of hydrogen-bond donors (Lipinski definition) is 0. The van der Waals surface area contributed by atoms with Crippen molar-refractivity contribution in [1.82, 2.24) is 9.97 Å². The highest BCUT2D eigenvalue weighted by Crippen LogP contribution is 2.16. The van der Waals surface area contributed by atoms with Crippen LogP contribution in [0.4, 0.5) is 0 Å². The Morgan fingerprint density at radius 3 is 2.44 bits per heavy atom. The summed E-state index contributed by atoms with van der Waals surface area (Å²) in [6, 6.07) is 10.3. The van der Waals surface area contributed by atoms with Gasteiger partial charge in [-0.3, -0.25) is 9.97 Å². The van der Waals surface area contributed by atoms with E-state index < -0.39 is 0 Å². The van der Waals surface area contributed by atoms with E-state index in [1.165, 1.54) is 0 Å². The van der Waals surface area contributed by atoms with Crippen molar-refractivity contribution >= 4 is 0 Å². The summed E-state index contributed by atoms with van der Waals surface area (Å²) in [5.41, 5.74) is 4.29. The summed E-state index contributed by atoms with van der Waals surface area (Å²) < 4.78 is 0. The maximum atomic E-state index is 4.62. The van der Waals surface area contributed by atoms with Gasteiger partial charge >= 0.3 is 0 Å². The fourth-order valence-electron chi connectivity index (χ4n) is 1.66. The van der Waals surface area contributed by atoms with Gasteiger partial charge in [-0.2, -0.15) is 0 Å². The normalized spacial score (nSPS) is 9.56. The molecule has 0 spiro atoms. The molecule has 0 fully saturated rings. The molecule has 0 amide bonds.